The number of thiazole rings is 2. The number of nitrogens with zero attached hydrogens (tertiary/aromatic N) is 3. The Kier molecular flexibility index (Phi) is 5.00. The lowest BCUT2D eigenvalue weighted by molar-refractivity contribution is -0.119. The highest BCUT2D eigenvalue weighted by Gasteiger charge is 2.39. The van der Waals surface area contributed by atoms with Crippen molar-refractivity contribution in [1.29, 1.82) is 0 Å². The molecule has 0 aliphatic carbocycles. The third-order valence-electron chi connectivity index (χ3n) is 5.18. The molecule has 4 aromatic rings. The predicted molar refractivity (Wildman–Crippen MR) is 119 cm³/mol. The zero-order chi connectivity index (χ0) is 21.8. The van der Waals surface area contributed by atoms with Crippen molar-refractivity contribution in [2.75, 3.05) is 11.9 Å². The molecule has 0 radical (unpaired) electrons. The fourth-order valence-electron chi connectivity index (χ4n) is 3.76. The molecule has 160 valence electrons. The first-order chi connectivity index (χ1) is 14.8. The number of benzene rings is 2. The third kappa shape index (κ3) is 3.61. The summed E-state index contributed by atoms with van der Waals surface area (Å²) in [6, 6.07) is 7.56. The van der Waals surface area contributed by atoms with Crippen LogP contribution >= 0.6 is 22.7 Å². The lowest BCUT2D eigenvalue weighted by Gasteiger charge is -2.23. The Morgan fingerprint density at radius 1 is 1.10 bits per heavy atom. The average molecular weight is 477 g/mol. The number of fused-ring (bicyclic) bond motifs is 3. The molecule has 1 amide bonds. The van der Waals surface area contributed by atoms with Crippen molar-refractivity contribution < 1.29 is 17.6 Å². The van der Waals surface area contributed by atoms with Gasteiger partial charge in [-0.15, -0.1) is 11.3 Å². The van der Waals surface area contributed by atoms with Gasteiger partial charge < -0.3 is 5.32 Å². The van der Waals surface area contributed by atoms with Gasteiger partial charge in [-0.25, -0.2) is 22.8 Å². The van der Waals surface area contributed by atoms with E-state index < -0.39 is 27.8 Å². The SMILES string of the molecule is Cc1nc2ccc3nc(NC(=O)C4CCCN4S(=O)(=O)c4ccc(F)cc4)sc3c2s1. The number of hydrogen-bond acceptors (Lipinski definition) is 7. The predicted octanol–water partition coefficient (Wildman–Crippen LogP) is 4.15. The third-order valence-corrected chi connectivity index (χ3v) is 9.24. The normalized spacial score (nSPS) is 17.5. The van der Waals surface area contributed by atoms with Crippen LogP contribution in [0, 0.1) is 12.7 Å². The fraction of sp³-hybridized carbons (Fsp3) is 0.250. The minimum atomic E-state index is -3.91. The van der Waals surface area contributed by atoms with E-state index in [1.54, 1.807) is 11.3 Å². The van der Waals surface area contributed by atoms with E-state index in [1.165, 1.54) is 27.8 Å². The van der Waals surface area contributed by atoms with Crippen molar-refractivity contribution in [3.8, 4) is 0 Å². The van der Waals surface area contributed by atoms with E-state index in [-0.39, 0.29) is 11.4 Å². The number of aryl methyl sites for hydroxylation is 1. The Balaban J connectivity index is 1.42. The lowest BCUT2D eigenvalue weighted by Crippen LogP contribution is -2.43. The molecule has 1 N–H and O–H groups in total. The summed E-state index contributed by atoms with van der Waals surface area (Å²) in [5, 5.41) is 4.17. The molecule has 2 aromatic heterocycles. The van der Waals surface area contributed by atoms with E-state index in [9.17, 15) is 17.6 Å². The molecule has 1 saturated heterocycles. The summed E-state index contributed by atoms with van der Waals surface area (Å²) in [5.41, 5.74) is 1.66. The minimum absolute atomic E-state index is 0.0310. The average Bonchev–Trinajstić information content (AvgIpc) is 3.44. The first kappa shape index (κ1) is 20.4. The molecule has 1 aliphatic heterocycles. The highest BCUT2D eigenvalue weighted by molar-refractivity contribution is 7.89. The lowest BCUT2D eigenvalue weighted by atomic mass is 10.2. The summed E-state index contributed by atoms with van der Waals surface area (Å²) in [6.07, 6.45) is 0.981. The number of aromatic nitrogens is 2. The van der Waals surface area contributed by atoms with Crippen molar-refractivity contribution in [3.05, 3.63) is 47.2 Å². The maximum atomic E-state index is 13.2. The number of hydrogen-bond donors (Lipinski definition) is 1. The Morgan fingerprint density at radius 3 is 2.52 bits per heavy atom. The maximum absolute atomic E-state index is 13.2. The van der Waals surface area contributed by atoms with Crippen LogP contribution in [0.5, 0.6) is 0 Å². The van der Waals surface area contributed by atoms with Gasteiger partial charge >= 0.3 is 0 Å². The standard InChI is InChI=1S/C20H17FN4O3S3/c1-11-22-14-8-9-15-18(17(14)29-11)30-20(23-15)24-19(26)16-3-2-10-25(16)31(27,28)13-6-4-12(21)5-7-13/h4-9,16H,2-3,10H2,1H3,(H,23,24,26). The van der Waals surface area contributed by atoms with Crippen LogP contribution in [-0.4, -0.2) is 41.2 Å². The van der Waals surface area contributed by atoms with E-state index in [0.29, 0.717) is 18.0 Å². The molecule has 11 heteroatoms. The Hall–Kier alpha value is -2.47. The Labute approximate surface area is 185 Å². The molecule has 5 rings (SSSR count). The molecule has 1 fully saturated rings. The quantitative estimate of drug-likeness (QED) is 0.478. The van der Waals surface area contributed by atoms with Crippen LogP contribution in [0.3, 0.4) is 0 Å². The molecule has 7 nitrogen and oxygen atoms in total. The topological polar surface area (TPSA) is 92.3 Å². The second-order valence-corrected chi connectivity index (χ2v) is 11.3. The summed E-state index contributed by atoms with van der Waals surface area (Å²) < 4.78 is 42.4. The summed E-state index contributed by atoms with van der Waals surface area (Å²) in [5.74, 6) is -0.935. The number of anilines is 1. The van der Waals surface area contributed by atoms with Crippen molar-refractivity contribution in [1.82, 2.24) is 14.3 Å². The highest BCUT2D eigenvalue weighted by atomic mass is 32.2. The van der Waals surface area contributed by atoms with Crippen LogP contribution < -0.4 is 5.32 Å². The van der Waals surface area contributed by atoms with Crippen molar-refractivity contribution >= 4 is 64.2 Å². The molecule has 0 spiro atoms. The van der Waals surface area contributed by atoms with Gasteiger partial charge in [-0.1, -0.05) is 11.3 Å². The molecular formula is C20H17FN4O3S3. The van der Waals surface area contributed by atoms with E-state index >= 15 is 0 Å². The monoisotopic (exact) mass is 476 g/mol. The molecule has 1 aliphatic rings. The summed E-state index contributed by atoms with van der Waals surface area (Å²) >= 11 is 2.93. The van der Waals surface area contributed by atoms with E-state index in [2.05, 4.69) is 15.3 Å². The first-order valence-electron chi connectivity index (χ1n) is 9.58. The van der Waals surface area contributed by atoms with Gasteiger partial charge in [0, 0.05) is 6.54 Å². The van der Waals surface area contributed by atoms with Crippen molar-refractivity contribution in [2.45, 2.75) is 30.7 Å². The van der Waals surface area contributed by atoms with Gasteiger partial charge in [0.05, 0.1) is 30.3 Å². The summed E-state index contributed by atoms with van der Waals surface area (Å²) in [4.78, 5) is 21.9. The van der Waals surface area contributed by atoms with Gasteiger partial charge in [0.2, 0.25) is 15.9 Å². The molecule has 1 unspecified atom stereocenters. The number of nitrogens with one attached hydrogen (secondary N) is 1. The van der Waals surface area contributed by atoms with Crippen molar-refractivity contribution in [2.24, 2.45) is 0 Å². The van der Waals surface area contributed by atoms with E-state index in [1.807, 2.05) is 19.1 Å². The zero-order valence-corrected chi connectivity index (χ0v) is 18.8. The van der Waals surface area contributed by atoms with Crippen LogP contribution in [0.15, 0.2) is 41.3 Å². The molecule has 3 heterocycles. The number of halogens is 1. The molecule has 0 bridgehead atoms. The summed E-state index contributed by atoms with van der Waals surface area (Å²) in [6.45, 7) is 2.18. The largest absolute Gasteiger partial charge is 0.301 e. The Morgan fingerprint density at radius 2 is 1.77 bits per heavy atom. The number of rotatable bonds is 4. The number of sulfonamides is 1. The maximum Gasteiger partial charge on any atom is 0.244 e. The van der Waals surface area contributed by atoms with Gasteiger partial charge in [0.15, 0.2) is 5.13 Å². The number of carbonyl (C=O) groups is 1. The van der Waals surface area contributed by atoms with E-state index in [4.69, 9.17) is 0 Å². The molecule has 1 atom stereocenters. The van der Waals surface area contributed by atoms with Crippen LogP contribution in [0.25, 0.3) is 20.4 Å². The molecule has 0 saturated carbocycles. The zero-order valence-electron chi connectivity index (χ0n) is 16.3. The van der Waals surface area contributed by atoms with Crippen LogP contribution in [-0.2, 0) is 14.8 Å². The first-order valence-corrected chi connectivity index (χ1v) is 12.7. The summed E-state index contributed by atoms with van der Waals surface area (Å²) in [7, 11) is -3.91. The smallest absolute Gasteiger partial charge is 0.244 e. The minimum Gasteiger partial charge on any atom is -0.301 e. The van der Waals surface area contributed by atoms with Gasteiger partial charge in [0.25, 0.3) is 0 Å². The van der Waals surface area contributed by atoms with Crippen LogP contribution in [0.1, 0.15) is 17.8 Å². The van der Waals surface area contributed by atoms with Gasteiger partial charge in [-0.2, -0.15) is 4.31 Å². The number of carbonyl (C=O) groups excluding carboxylic acids is 1. The van der Waals surface area contributed by atoms with Crippen LogP contribution in [0.2, 0.25) is 0 Å². The van der Waals surface area contributed by atoms with Gasteiger partial charge in [0.1, 0.15) is 11.9 Å². The molecule has 31 heavy (non-hydrogen) atoms. The number of amides is 1. The van der Waals surface area contributed by atoms with E-state index in [0.717, 1.165) is 37.6 Å². The van der Waals surface area contributed by atoms with Crippen molar-refractivity contribution in [3.63, 3.8) is 0 Å². The van der Waals surface area contributed by atoms with Crippen LogP contribution in [0.4, 0.5) is 9.52 Å². The molecule has 2 aromatic carbocycles. The second-order valence-electron chi connectivity index (χ2n) is 7.23. The second kappa shape index (κ2) is 7.59. The van der Waals surface area contributed by atoms with Gasteiger partial charge in [-0.05, 0) is 56.2 Å². The fourth-order valence-corrected chi connectivity index (χ4v) is 7.42. The Bertz CT molecular complexity index is 1410. The highest BCUT2D eigenvalue weighted by Crippen LogP contribution is 2.36. The molecular weight excluding hydrogens is 459 g/mol. The van der Waals surface area contributed by atoms with Gasteiger partial charge in [-0.3, -0.25) is 4.79 Å².